The molecule has 1 atom stereocenters. The average Bonchev–Trinajstić information content (AvgIpc) is 3.10. The van der Waals surface area contributed by atoms with Gasteiger partial charge in [0.15, 0.2) is 0 Å². The molecule has 2 saturated heterocycles. The molecule has 94 valence electrons. The Balaban J connectivity index is 1.83. The van der Waals surface area contributed by atoms with E-state index in [2.05, 4.69) is 27.3 Å². The Hall–Kier alpha value is -1.10. The van der Waals surface area contributed by atoms with E-state index in [9.17, 15) is 0 Å². The molecular formula is C12H20N4O. The topological polar surface area (TPSA) is 54.2 Å². The highest BCUT2D eigenvalue weighted by Crippen LogP contribution is 2.33. The van der Waals surface area contributed by atoms with E-state index in [1.54, 1.807) is 0 Å². The summed E-state index contributed by atoms with van der Waals surface area (Å²) in [6, 6.07) is 0. The van der Waals surface area contributed by atoms with Crippen LogP contribution in [0.25, 0.3) is 0 Å². The second-order valence-corrected chi connectivity index (χ2v) is 5.06. The first-order valence-corrected chi connectivity index (χ1v) is 6.68. The van der Waals surface area contributed by atoms with Gasteiger partial charge in [-0.15, -0.1) is 0 Å². The molecule has 1 aromatic heterocycles. The fourth-order valence-electron chi connectivity index (χ4n) is 2.90. The Morgan fingerprint density at radius 2 is 2.18 bits per heavy atom. The molecule has 2 aliphatic rings. The van der Waals surface area contributed by atoms with Gasteiger partial charge < -0.3 is 14.7 Å². The predicted octanol–water partition coefficient (Wildman–Crippen LogP) is 1.66. The fourth-order valence-corrected chi connectivity index (χ4v) is 2.90. The second kappa shape index (κ2) is 4.29. The third-order valence-corrected chi connectivity index (χ3v) is 4.06. The van der Waals surface area contributed by atoms with Crippen molar-refractivity contribution >= 4 is 5.95 Å². The van der Waals surface area contributed by atoms with Gasteiger partial charge in [0.25, 0.3) is 5.95 Å². The molecule has 17 heavy (non-hydrogen) atoms. The van der Waals surface area contributed by atoms with E-state index >= 15 is 0 Å². The Kier molecular flexibility index (Phi) is 2.78. The van der Waals surface area contributed by atoms with Crippen molar-refractivity contribution in [1.82, 2.24) is 15.5 Å². The Labute approximate surface area is 102 Å². The SMILES string of the molecule is CCC1(c2nc(N3CCCC3)no2)CCCN1. The summed E-state index contributed by atoms with van der Waals surface area (Å²) in [7, 11) is 0. The van der Waals surface area contributed by atoms with Gasteiger partial charge in [0, 0.05) is 13.1 Å². The number of anilines is 1. The lowest BCUT2D eigenvalue weighted by molar-refractivity contribution is 0.250. The lowest BCUT2D eigenvalue weighted by Crippen LogP contribution is -2.36. The van der Waals surface area contributed by atoms with Crippen molar-refractivity contribution in [3.63, 3.8) is 0 Å². The molecule has 5 heteroatoms. The summed E-state index contributed by atoms with van der Waals surface area (Å²) in [5.74, 6) is 1.55. The standard InChI is InChI=1S/C12H20N4O/c1-2-12(6-5-7-13-12)10-14-11(15-17-10)16-8-3-4-9-16/h13H,2-9H2,1H3. The summed E-state index contributed by atoms with van der Waals surface area (Å²) in [4.78, 5) is 6.82. The first-order chi connectivity index (χ1) is 8.34. The van der Waals surface area contributed by atoms with E-state index in [4.69, 9.17) is 4.52 Å². The molecule has 0 aromatic carbocycles. The molecule has 2 fully saturated rings. The molecule has 1 N–H and O–H groups in total. The van der Waals surface area contributed by atoms with E-state index < -0.39 is 0 Å². The number of rotatable bonds is 3. The number of aromatic nitrogens is 2. The zero-order valence-electron chi connectivity index (χ0n) is 10.4. The lowest BCUT2D eigenvalue weighted by atomic mass is 9.94. The van der Waals surface area contributed by atoms with Crippen LogP contribution in [-0.2, 0) is 5.54 Å². The summed E-state index contributed by atoms with van der Waals surface area (Å²) >= 11 is 0. The molecule has 0 saturated carbocycles. The molecule has 0 bridgehead atoms. The van der Waals surface area contributed by atoms with Gasteiger partial charge in [-0.2, -0.15) is 4.98 Å². The largest absolute Gasteiger partial charge is 0.338 e. The van der Waals surface area contributed by atoms with Crippen LogP contribution in [0, 0.1) is 0 Å². The fraction of sp³-hybridized carbons (Fsp3) is 0.833. The summed E-state index contributed by atoms with van der Waals surface area (Å²) < 4.78 is 5.49. The minimum absolute atomic E-state index is 0.0645. The number of hydrogen-bond acceptors (Lipinski definition) is 5. The molecular weight excluding hydrogens is 216 g/mol. The lowest BCUT2D eigenvalue weighted by Gasteiger charge is -2.22. The normalized spacial score (nSPS) is 29.1. The van der Waals surface area contributed by atoms with E-state index in [-0.39, 0.29) is 5.54 Å². The molecule has 0 spiro atoms. The van der Waals surface area contributed by atoms with Crippen LogP contribution in [0.5, 0.6) is 0 Å². The molecule has 1 unspecified atom stereocenters. The third-order valence-electron chi connectivity index (χ3n) is 4.06. The van der Waals surface area contributed by atoms with Crippen molar-refractivity contribution in [2.24, 2.45) is 0 Å². The molecule has 3 heterocycles. The highest BCUT2D eigenvalue weighted by molar-refractivity contribution is 5.30. The van der Waals surface area contributed by atoms with Crippen LogP contribution in [0.4, 0.5) is 5.95 Å². The van der Waals surface area contributed by atoms with Crippen molar-refractivity contribution < 1.29 is 4.52 Å². The van der Waals surface area contributed by atoms with E-state index in [0.29, 0.717) is 0 Å². The first-order valence-electron chi connectivity index (χ1n) is 6.68. The molecule has 0 amide bonds. The van der Waals surface area contributed by atoms with E-state index in [1.165, 1.54) is 19.3 Å². The van der Waals surface area contributed by atoms with Crippen molar-refractivity contribution in [2.75, 3.05) is 24.5 Å². The highest BCUT2D eigenvalue weighted by atomic mass is 16.5. The number of hydrogen-bond donors (Lipinski definition) is 1. The van der Waals surface area contributed by atoms with Crippen LogP contribution in [0.1, 0.15) is 44.9 Å². The monoisotopic (exact) mass is 236 g/mol. The first kappa shape index (κ1) is 11.0. The zero-order valence-corrected chi connectivity index (χ0v) is 10.4. The Bertz CT molecular complexity index is 378. The molecule has 2 aliphatic heterocycles. The maximum atomic E-state index is 5.49. The van der Waals surface area contributed by atoms with Gasteiger partial charge in [0.2, 0.25) is 5.89 Å². The smallest absolute Gasteiger partial charge is 0.266 e. The quantitative estimate of drug-likeness (QED) is 0.865. The predicted molar refractivity (Wildman–Crippen MR) is 65.0 cm³/mol. The van der Waals surface area contributed by atoms with Gasteiger partial charge >= 0.3 is 0 Å². The van der Waals surface area contributed by atoms with Crippen LogP contribution in [0.3, 0.4) is 0 Å². The van der Waals surface area contributed by atoms with Crippen molar-refractivity contribution in [3.8, 4) is 0 Å². The summed E-state index contributed by atoms with van der Waals surface area (Å²) in [6.07, 6.45) is 5.77. The summed E-state index contributed by atoms with van der Waals surface area (Å²) in [5.41, 5.74) is -0.0645. The zero-order chi connectivity index (χ0) is 11.7. The van der Waals surface area contributed by atoms with Crippen LogP contribution in [0.15, 0.2) is 4.52 Å². The summed E-state index contributed by atoms with van der Waals surface area (Å²) in [6.45, 7) is 5.35. The van der Waals surface area contributed by atoms with Gasteiger partial charge in [-0.1, -0.05) is 6.92 Å². The van der Waals surface area contributed by atoms with Crippen LogP contribution in [0.2, 0.25) is 0 Å². The van der Waals surface area contributed by atoms with Crippen molar-refractivity contribution in [1.29, 1.82) is 0 Å². The average molecular weight is 236 g/mol. The maximum absolute atomic E-state index is 5.49. The van der Waals surface area contributed by atoms with Gasteiger partial charge in [-0.25, -0.2) is 0 Å². The minimum Gasteiger partial charge on any atom is -0.338 e. The molecule has 3 rings (SSSR count). The van der Waals surface area contributed by atoms with Gasteiger partial charge in [0.05, 0.1) is 5.54 Å². The van der Waals surface area contributed by atoms with Crippen molar-refractivity contribution in [2.45, 2.75) is 44.6 Å². The molecule has 5 nitrogen and oxygen atoms in total. The maximum Gasteiger partial charge on any atom is 0.266 e. The summed E-state index contributed by atoms with van der Waals surface area (Å²) in [5, 5.41) is 7.66. The molecule has 0 radical (unpaired) electrons. The second-order valence-electron chi connectivity index (χ2n) is 5.06. The van der Waals surface area contributed by atoms with Crippen LogP contribution < -0.4 is 10.2 Å². The Morgan fingerprint density at radius 3 is 2.82 bits per heavy atom. The van der Waals surface area contributed by atoms with Crippen LogP contribution in [-0.4, -0.2) is 29.8 Å². The van der Waals surface area contributed by atoms with Crippen LogP contribution >= 0.6 is 0 Å². The molecule has 0 aliphatic carbocycles. The number of nitrogens with zero attached hydrogens (tertiary/aromatic N) is 3. The molecule has 1 aromatic rings. The third kappa shape index (κ3) is 1.82. The van der Waals surface area contributed by atoms with Gasteiger partial charge in [0.1, 0.15) is 0 Å². The highest BCUT2D eigenvalue weighted by Gasteiger charge is 2.39. The van der Waals surface area contributed by atoms with Crippen molar-refractivity contribution in [3.05, 3.63) is 5.89 Å². The van der Waals surface area contributed by atoms with E-state index in [0.717, 1.165) is 44.3 Å². The van der Waals surface area contributed by atoms with E-state index in [1.807, 2.05) is 0 Å². The minimum atomic E-state index is -0.0645. The van der Waals surface area contributed by atoms with Gasteiger partial charge in [-0.3, -0.25) is 0 Å². The Morgan fingerprint density at radius 1 is 1.35 bits per heavy atom. The van der Waals surface area contributed by atoms with Gasteiger partial charge in [-0.05, 0) is 43.8 Å². The number of nitrogens with one attached hydrogen (secondary N) is 1.